The van der Waals surface area contributed by atoms with Gasteiger partial charge in [-0.05, 0) is 13.3 Å². The molecule has 0 spiro atoms. The Morgan fingerprint density at radius 1 is 1.29 bits per heavy atom. The lowest BCUT2D eigenvalue weighted by atomic mass is 10.1. The predicted octanol–water partition coefficient (Wildman–Crippen LogP) is 4.11. The number of aromatic nitrogens is 4. The van der Waals surface area contributed by atoms with Crippen molar-refractivity contribution in [2.75, 3.05) is 7.11 Å². The first-order chi connectivity index (χ1) is 10.2. The zero-order valence-electron chi connectivity index (χ0n) is 13.0. The normalized spacial score (nSPS) is 12.8. The topological polar surface area (TPSA) is 52.8 Å². The van der Waals surface area contributed by atoms with Crippen LogP contribution in [0.1, 0.15) is 57.8 Å². The number of halogens is 1. The van der Waals surface area contributed by atoms with Crippen molar-refractivity contribution >= 4 is 22.8 Å². The maximum atomic E-state index is 6.05. The maximum Gasteiger partial charge on any atom is 0.245 e. The van der Waals surface area contributed by atoms with Crippen LogP contribution in [0.4, 0.5) is 0 Å². The van der Waals surface area contributed by atoms with E-state index in [0.717, 1.165) is 17.9 Å². The second kappa shape index (κ2) is 7.59. The molecule has 2 aromatic heterocycles. The van der Waals surface area contributed by atoms with Gasteiger partial charge in [0.25, 0.3) is 0 Å². The molecule has 0 aliphatic carbocycles. The highest BCUT2D eigenvalue weighted by Crippen LogP contribution is 2.27. The number of alkyl halides is 1. The summed E-state index contributed by atoms with van der Waals surface area (Å²) in [6.45, 7) is 4.42. The highest BCUT2D eigenvalue weighted by Gasteiger charge is 2.19. The van der Waals surface area contributed by atoms with Crippen LogP contribution in [0.5, 0.6) is 5.88 Å². The van der Waals surface area contributed by atoms with E-state index in [2.05, 4.69) is 33.4 Å². The van der Waals surface area contributed by atoms with Crippen LogP contribution < -0.4 is 4.74 Å². The third-order valence-electron chi connectivity index (χ3n) is 3.75. The zero-order valence-corrected chi connectivity index (χ0v) is 13.7. The van der Waals surface area contributed by atoms with Crippen LogP contribution in [0.2, 0.25) is 0 Å². The average molecular weight is 311 g/mol. The molecule has 1 atom stereocenters. The van der Waals surface area contributed by atoms with Crippen LogP contribution in [-0.4, -0.2) is 26.6 Å². The second-order valence-electron chi connectivity index (χ2n) is 5.29. The van der Waals surface area contributed by atoms with Crippen molar-refractivity contribution in [2.24, 2.45) is 0 Å². The van der Waals surface area contributed by atoms with Gasteiger partial charge in [0.05, 0.1) is 13.0 Å². The van der Waals surface area contributed by atoms with Gasteiger partial charge in [-0.1, -0.05) is 32.6 Å². The van der Waals surface area contributed by atoms with Crippen molar-refractivity contribution in [2.45, 2.75) is 57.9 Å². The van der Waals surface area contributed by atoms with Crippen molar-refractivity contribution < 1.29 is 4.74 Å². The fourth-order valence-electron chi connectivity index (χ4n) is 2.64. The molecular weight excluding hydrogens is 288 g/mol. The molecule has 21 heavy (non-hydrogen) atoms. The molecular formula is C15H23ClN4O. The Morgan fingerprint density at radius 2 is 2.10 bits per heavy atom. The van der Waals surface area contributed by atoms with Crippen molar-refractivity contribution in [1.82, 2.24) is 19.5 Å². The van der Waals surface area contributed by atoms with E-state index < -0.39 is 0 Å². The van der Waals surface area contributed by atoms with Gasteiger partial charge in [-0.3, -0.25) is 0 Å². The smallest absolute Gasteiger partial charge is 0.245 e. The number of imidazole rings is 1. The number of ether oxygens (including phenoxy) is 1. The Labute approximate surface area is 130 Å². The Balaban J connectivity index is 2.28. The van der Waals surface area contributed by atoms with E-state index in [-0.39, 0.29) is 0 Å². The number of nitrogens with zero attached hydrogens (tertiary/aromatic N) is 4. The minimum absolute atomic E-state index is 0.320. The van der Waals surface area contributed by atoms with Gasteiger partial charge >= 0.3 is 0 Å². The lowest BCUT2D eigenvalue weighted by molar-refractivity contribution is 0.401. The first kappa shape index (κ1) is 16.0. The molecule has 0 N–H and O–H groups in total. The van der Waals surface area contributed by atoms with Crippen LogP contribution in [0.25, 0.3) is 11.2 Å². The Hall–Kier alpha value is -1.36. The number of hydrogen-bond donors (Lipinski definition) is 0. The van der Waals surface area contributed by atoms with Crippen molar-refractivity contribution in [1.29, 1.82) is 0 Å². The van der Waals surface area contributed by atoms with Crippen LogP contribution in [0.3, 0.4) is 0 Å². The molecule has 0 bridgehead atoms. The van der Waals surface area contributed by atoms with E-state index in [4.69, 9.17) is 16.3 Å². The predicted molar refractivity (Wildman–Crippen MR) is 84.9 cm³/mol. The lowest BCUT2D eigenvalue weighted by Crippen LogP contribution is -2.09. The summed E-state index contributed by atoms with van der Waals surface area (Å²) in [5.74, 6) is 1.69. The molecule has 0 aliphatic rings. The molecule has 0 amide bonds. The van der Waals surface area contributed by atoms with Crippen LogP contribution >= 0.6 is 11.6 Å². The van der Waals surface area contributed by atoms with Crippen molar-refractivity contribution in [3.05, 3.63) is 12.2 Å². The summed E-state index contributed by atoms with van der Waals surface area (Å²) >= 11 is 6.05. The van der Waals surface area contributed by atoms with Gasteiger partial charge in [0.15, 0.2) is 11.2 Å². The summed E-state index contributed by atoms with van der Waals surface area (Å²) in [6.07, 6.45) is 7.62. The second-order valence-corrected chi connectivity index (χ2v) is 5.55. The molecule has 0 saturated carbocycles. The summed E-state index contributed by atoms with van der Waals surface area (Å²) < 4.78 is 7.39. The van der Waals surface area contributed by atoms with E-state index >= 15 is 0 Å². The first-order valence-corrected chi connectivity index (χ1v) is 8.08. The Bertz CT molecular complexity index is 584. The molecule has 5 nitrogen and oxygen atoms in total. The molecule has 0 fully saturated rings. The summed E-state index contributed by atoms with van der Waals surface area (Å²) in [6, 6.07) is 0.320. The summed E-state index contributed by atoms with van der Waals surface area (Å²) in [7, 11) is 1.59. The van der Waals surface area contributed by atoms with E-state index in [1.54, 1.807) is 7.11 Å². The number of hydrogen-bond acceptors (Lipinski definition) is 4. The summed E-state index contributed by atoms with van der Waals surface area (Å²) in [5.41, 5.74) is 1.50. The van der Waals surface area contributed by atoms with Crippen LogP contribution in [-0.2, 0) is 5.88 Å². The third-order valence-corrected chi connectivity index (χ3v) is 3.98. The molecule has 0 aromatic carbocycles. The summed E-state index contributed by atoms with van der Waals surface area (Å²) in [4.78, 5) is 13.0. The maximum absolute atomic E-state index is 6.05. The molecule has 0 aliphatic heterocycles. The highest BCUT2D eigenvalue weighted by atomic mass is 35.5. The molecule has 2 heterocycles. The van der Waals surface area contributed by atoms with Gasteiger partial charge in [-0.2, -0.15) is 4.98 Å². The van der Waals surface area contributed by atoms with Gasteiger partial charge < -0.3 is 9.30 Å². The SMILES string of the molecule is CCCCCCC(C)n1c(CCl)nc2c(OC)ncnc21. The van der Waals surface area contributed by atoms with Gasteiger partial charge in [0.2, 0.25) is 5.88 Å². The molecule has 6 heteroatoms. The quantitative estimate of drug-likeness (QED) is 0.544. The standard InChI is InChI=1S/C15H23ClN4O/c1-4-5-6-7-8-11(2)20-12(9-16)19-13-14(20)17-10-18-15(13)21-3/h10-11H,4-9H2,1-3H3. The van der Waals surface area contributed by atoms with Crippen molar-refractivity contribution in [3.63, 3.8) is 0 Å². The molecule has 116 valence electrons. The molecule has 1 unspecified atom stereocenters. The Morgan fingerprint density at radius 3 is 2.76 bits per heavy atom. The van der Waals surface area contributed by atoms with E-state index in [0.29, 0.717) is 23.3 Å². The van der Waals surface area contributed by atoms with E-state index in [1.807, 2.05) is 0 Å². The minimum Gasteiger partial charge on any atom is -0.479 e. The van der Waals surface area contributed by atoms with E-state index in [1.165, 1.54) is 32.0 Å². The minimum atomic E-state index is 0.320. The number of rotatable bonds is 8. The molecule has 0 saturated heterocycles. The van der Waals surface area contributed by atoms with Gasteiger partial charge in [0, 0.05) is 6.04 Å². The number of methoxy groups -OCH3 is 1. The van der Waals surface area contributed by atoms with Gasteiger partial charge in [0.1, 0.15) is 12.2 Å². The Kier molecular flexibility index (Phi) is 5.79. The zero-order chi connectivity index (χ0) is 15.2. The largest absolute Gasteiger partial charge is 0.479 e. The first-order valence-electron chi connectivity index (χ1n) is 7.54. The fraction of sp³-hybridized carbons (Fsp3) is 0.667. The fourth-order valence-corrected chi connectivity index (χ4v) is 2.82. The third kappa shape index (κ3) is 3.46. The van der Waals surface area contributed by atoms with Crippen LogP contribution in [0.15, 0.2) is 6.33 Å². The molecule has 2 aromatic rings. The number of unbranched alkanes of at least 4 members (excludes halogenated alkanes) is 3. The van der Waals surface area contributed by atoms with Gasteiger partial charge in [-0.25, -0.2) is 9.97 Å². The monoisotopic (exact) mass is 310 g/mol. The summed E-state index contributed by atoms with van der Waals surface area (Å²) in [5, 5.41) is 0. The average Bonchev–Trinajstić information content (AvgIpc) is 2.89. The van der Waals surface area contributed by atoms with Crippen LogP contribution in [0, 0.1) is 0 Å². The van der Waals surface area contributed by atoms with E-state index in [9.17, 15) is 0 Å². The van der Waals surface area contributed by atoms with Crippen molar-refractivity contribution in [3.8, 4) is 5.88 Å². The molecule has 0 radical (unpaired) electrons. The molecule has 2 rings (SSSR count). The highest BCUT2D eigenvalue weighted by molar-refractivity contribution is 6.16. The number of fused-ring (bicyclic) bond motifs is 1. The lowest BCUT2D eigenvalue weighted by Gasteiger charge is -2.16. The van der Waals surface area contributed by atoms with Gasteiger partial charge in [-0.15, -0.1) is 11.6 Å².